The summed E-state index contributed by atoms with van der Waals surface area (Å²) >= 11 is 12.2. The fourth-order valence-electron chi connectivity index (χ4n) is 3.67. The molecule has 1 fully saturated rings. The van der Waals surface area contributed by atoms with Crippen LogP contribution in [0.3, 0.4) is 0 Å². The molecule has 150 valence electrons. The molecule has 0 unspecified atom stereocenters. The monoisotopic (exact) mass is 428 g/mol. The molecule has 0 bridgehead atoms. The molecule has 0 aliphatic carbocycles. The molecular weight excluding hydrogens is 407 g/mol. The number of nitrogens with zero attached hydrogens (tertiary/aromatic N) is 4. The molecule has 1 aliphatic rings. The molecule has 4 rings (SSSR count). The predicted octanol–water partition coefficient (Wildman–Crippen LogP) is 4.76. The van der Waals surface area contributed by atoms with Gasteiger partial charge in [-0.2, -0.15) is 5.10 Å². The van der Waals surface area contributed by atoms with Gasteiger partial charge in [-0.05, 0) is 61.9 Å². The zero-order chi connectivity index (χ0) is 20.5. The van der Waals surface area contributed by atoms with Gasteiger partial charge in [0.05, 0.1) is 11.4 Å². The standard InChI is InChI=1S/C22H22Cl2N4O/c1-15-3-4-18(24)14-20(15)26-9-11-27(12-10-26)22(29)21-13-16(2)25-28(21)19-7-5-17(23)6-8-19/h3-8,13-14H,9-12H2,1-2H3. The minimum Gasteiger partial charge on any atom is -0.368 e. The lowest BCUT2D eigenvalue weighted by Crippen LogP contribution is -2.49. The van der Waals surface area contributed by atoms with Crippen molar-refractivity contribution in [2.45, 2.75) is 13.8 Å². The lowest BCUT2D eigenvalue weighted by Gasteiger charge is -2.36. The summed E-state index contributed by atoms with van der Waals surface area (Å²) in [5, 5.41) is 5.89. The Balaban J connectivity index is 1.52. The van der Waals surface area contributed by atoms with Crippen LogP contribution in [-0.4, -0.2) is 46.8 Å². The van der Waals surface area contributed by atoms with Crippen molar-refractivity contribution in [3.63, 3.8) is 0 Å². The van der Waals surface area contributed by atoms with Gasteiger partial charge in [-0.15, -0.1) is 0 Å². The van der Waals surface area contributed by atoms with E-state index in [-0.39, 0.29) is 5.91 Å². The average molecular weight is 429 g/mol. The minimum atomic E-state index is -0.0111. The van der Waals surface area contributed by atoms with Crippen molar-refractivity contribution in [3.8, 4) is 5.69 Å². The number of anilines is 1. The second-order valence-electron chi connectivity index (χ2n) is 7.27. The molecule has 7 heteroatoms. The highest BCUT2D eigenvalue weighted by Crippen LogP contribution is 2.26. The molecule has 1 aromatic heterocycles. The highest BCUT2D eigenvalue weighted by molar-refractivity contribution is 6.31. The second kappa shape index (κ2) is 8.09. The van der Waals surface area contributed by atoms with Crippen molar-refractivity contribution < 1.29 is 4.79 Å². The van der Waals surface area contributed by atoms with E-state index in [1.54, 1.807) is 16.8 Å². The largest absolute Gasteiger partial charge is 0.368 e. The lowest BCUT2D eigenvalue weighted by atomic mass is 10.1. The summed E-state index contributed by atoms with van der Waals surface area (Å²) in [7, 11) is 0. The van der Waals surface area contributed by atoms with Crippen LogP contribution in [0, 0.1) is 13.8 Å². The maximum atomic E-state index is 13.2. The molecule has 1 saturated heterocycles. The molecule has 0 radical (unpaired) electrons. The Morgan fingerprint density at radius 3 is 2.24 bits per heavy atom. The number of rotatable bonds is 3. The Hall–Kier alpha value is -2.50. The summed E-state index contributed by atoms with van der Waals surface area (Å²) in [6.07, 6.45) is 0. The van der Waals surface area contributed by atoms with Gasteiger partial charge in [0, 0.05) is 41.9 Å². The van der Waals surface area contributed by atoms with E-state index < -0.39 is 0 Å². The highest BCUT2D eigenvalue weighted by Gasteiger charge is 2.26. The van der Waals surface area contributed by atoms with Gasteiger partial charge in [0.25, 0.3) is 5.91 Å². The summed E-state index contributed by atoms with van der Waals surface area (Å²) in [6.45, 7) is 6.80. The quantitative estimate of drug-likeness (QED) is 0.603. The molecule has 0 N–H and O–H groups in total. The number of carbonyl (C=O) groups is 1. The first kappa shape index (κ1) is 19.8. The van der Waals surface area contributed by atoms with Crippen LogP contribution in [0.25, 0.3) is 5.69 Å². The molecule has 0 saturated carbocycles. The molecule has 3 aromatic rings. The van der Waals surface area contributed by atoms with Crippen molar-refractivity contribution in [3.05, 3.63) is 75.5 Å². The summed E-state index contributed by atoms with van der Waals surface area (Å²) < 4.78 is 1.70. The van der Waals surface area contributed by atoms with Crippen LogP contribution in [0.15, 0.2) is 48.5 Å². The topological polar surface area (TPSA) is 41.4 Å². The van der Waals surface area contributed by atoms with Crippen LogP contribution in [0.5, 0.6) is 0 Å². The van der Waals surface area contributed by atoms with E-state index in [1.165, 1.54) is 5.56 Å². The SMILES string of the molecule is Cc1cc(C(=O)N2CCN(c3cc(Cl)ccc3C)CC2)n(-c2ccc(Cl)cc2)n1. The molecule has 0 spiro atoms. The fourth-order valence-corrected chi connectivity index (χ4v) is 3.96. The molecule has 29 heavy (non-hydrogen) atoms. The van der Waals surface area contributed by atoms with E-state index in [2.05, 4.69) is 16.9 Å². The van der Waals surface area contributed by atoms with Gasteiger partial charge in [-0.3, -0.25) is 4.79 Å². The van der Waals surface area contributed by atoms with Crippen molar-refractivity contribution in [2.75, 3.05) is 31.1 Å². The molecular formula is C22H22Cl2N4O. The van der Waals surface area contributed by atoms with E-state index in [0.29, 0.717) is 23.8 Å². The number of carbonyl (C=O) groups excluding carboxylic acids is 1. The Morgan fingerprint density at radius 1 is 0.897 bits per heavy atom. The van der Waals surface area contributed by atoms with Crippen LogP contribution in [0.2, 0.25) is 10.0 Å². The normalized spacial score (nSPS) is 14.3. The number of piperazine rings is 1. The van der Waals surface area contributed by atoms with Gasteiger partial charge in [0.1, 0.15) is 5.69 Å². The molecule has 0 atom stereocenters. The summed E-state index contributed by atoms with van der Waals surface area (Å²) in [4.78, 5) is 17.4. The number of aryl methyl sites for hydroxylation is 2. The van der Waals surface area contributed by atoms with E-state index in [4.69, 9.17) is 23.2 Å². The van der Waals surface area contributed by atoms with Gasteiger partial charge in [-0.25, -0.2) is 4.68 Å². The van der Waals surface area contributed by atoms with Crippen LogP contribution in [-0.2, 0) is 0 Å². The Bertz CT molecular complexity index is 1040. The number of hydrogen-bond acceptors (Lipinski definition) is 3. The summed E-state index contributed by atoms with van der Waals surface area (Å²) in [6, 6.07) is 15.1. The maximum Gasteiger partial charge on any atom is 0.272 e. The average Bonchev–Trinajstić information content (AvgIpc) is 3.11. The Morgan fingerprint density at radius 2 is 1.55 bits per heavy atom. The molecule has 1 amide bonds. The van der Waals surface area contributed by atoms with Gasteiger partial charge >= 0.3 is 0 Å². The highest BCUT2D eigenvalue weighted by atomic mass is 35.5. The third-order valence-corrected chi connectivity index (χ3v) is 5.69. The van der Waals surface area contributed by atoms with Crippen molar-refractivity contribution in [2.24, 2.45) is 0 Å². The van der Waals surface area contributed by atoms with E-state index in [0.717, 1.165) is 35.2 Å². The van der Waals surface area contributed by atoms with Gasteiger partial charge in [0.2, 0.25) is 0 Å². The third-order valence-electron chi connectivity index (χ3n) is 5.20. The zero-order valence-electron chi connectivity index (χ0n) is 16.4. The van der Waals surface area contributed by atoms with Crippen molar-refractivity contribution in [1.29, 1.82) is 0 Å². The number of hydrogen-bond donors (Lipinski definition) is 0. The first-order chi connectivity index (χ1) is 13.9. The number of amides is 1. The van der Waals surface area contributed by atoms with Gasteiger partial charge in [0.15, 0.2) is 0 Å². The molecule has 5 nitrogen and oxygen atoms in total. The van der Waals surface area contributed by atoms with E-state index in [1.807, 2.05) is 48.2 Å². The fraction of sp³-hybridized carbons (Fsp3) is 0.273. The van der Waals surface area contributed by atoms with Gasteiger partial charge in [-0.1, -0.05) is 29.3 Å². The zero-order valence-corrected chi connectivity index (χ0v) is 17.9. The van der Waals surface area contributed by atoms with Crippen LogP contribution >= 0.6 is 23.2 Å². The smallest absolute Gasteiger partial charge is 0.272 e. The summed E-state index contributed by atoms with van der Waals surface area (Å²) in [5.74, 6) is -0.0111. The molecule has 2 heterocycles. The van der Waals surface area contributed by atoms with Crippen LogP contribution in [0.4, 0.5) is 5.69 Å². The Labute approximate surface area is 180 Å². The van der Waals surface area contributed by atoms with Crippen LogP contribution in [0.1, 0.15) is 21.7 Å². The van der Waals surface area contributed by atoms with E-state index >= 15 is 0 Å². The Kier molecular flexibility index (Phi) is 5.52. The number of benzene rings is 2. The van der Waals surface area contributed by atoms with E-state index in [9.17, 15) is 4.79 Å². The van der Waals surface area contributed by atoms with Crippen molar-refractivity contribution in [1.82, 2.24) is 14.7 Å². The number of aromatic nitrogens is 2. The third kappa shape index (κ3) is 4.11. The van der Waals surface area contributed by atoms with Gasteiger partial charge < -0.3 is 9.80 Å². The van der Waals surface area contributed by atoms with Crippen molar-refractivity contribution >= 4 is 34.8 Å². The first-order valence-electron chi connectivity index (χ1n) is 9.55. The molecule has 1 aliphatic heterocycles. The maximum absolute atomic E-state index is 13.2. The minimum absolute atomic E-state index is 0.0111. The summed E-state index contributed by atoms with van der Waals surface area (Å²) in [5.41, 5.74) is 4.50. The first-order valence-corrected chi connectivity index (χ1v) is 10.3. The predicted molar refractivity (Wildman–Crippen MR) is 118 cm³/mol. The van der Waals surface area contributed by atoms with Crippen LogP contribution < -0.4 is 4.90 Å². The lowest BCUT2D eigenvalue weighted by molar-refractivity contribution is 0.0737. The number of halogens is 2. The molecule has 2 aromatic carbocycles. The second-order valence-corrected chi connectivity index (χ2v) is 8.14.